The molecular formula is C12H15ClINO3. The van der Waals surface area contributed by atoms with Crippen molar-refractivity contribution in [1.82, 2.24) is 4.98 Å². The minimum absolute atomic E-state index is 0.00136. The fourth-order valence-corrected chi connectivity index (χ4v) is 2.29. The highest BCUT2D eigenvalue weighted by Crippen LogP contribution is 2.30. The smallest absolute Gasteiger partial charge is 0.172 e. The first-order chi connectivity index (χ1) is 8.32. The van der Waals surface area contributed by atoms with Gasteiger partial charge in [-0.05, 0) is 35.6 Å². The number of hydrogen-bond donors (Lipinski definition) is 1. The van der Waals surface area contributed by atoms with Crippen LogP contribution >= 0.6 is 34.2 Å². The summed E-state index contributed by atoms with van der Waals surface area (Å²) in [6.07, 6.45) is -0.692. The first-order valence-electron chi connectivity index (χ1n) is 5.52. The predicted molar refractivity (Wildman–Crippen MR) is 77.9 cm³/mol. The van der Waals surface area contributed by atoms with E-state index in [4.69, 9.17) is 16.3 Å². The van der Waals surface area contributed by atoms with Crippen molar-refractivity contribution < 1.29 is 14.6 Å². The molecular weight excluding hydrogens is 368 g/mol. The molecule has 0 radical (unpaired) electrons. The van der Waals surface area contributed by atoms with Crippen molar-refractivity contribution in [2.24, 2.45) is 5.92 Å². The molecule has 0 amide bonds. The molecule has 18 heavy (non-hydrogen) atoms. The van der Waals surface area contributed by atoms with Gasteiger partial charge in [0.1, 0.15) is 6.61 Å². The van der Waals surface area contributed by atoms with Crippen molar-refractivity contribution in [2.75, 3.05) is 6.61 Å². The monoisotopic (exact) mass is 383 g/mol. The van der Waals surface area contributed by atoms with Gasteiger partial charge in [-0.25, -0.2) is 4.98 Å². The second-order valence-electron chi connectivity index (χ2n) is 4.23. The van der Waals surface area contributed by atoms with Gasteiger partial charge in [0, 0.05) is 5.92 Å². The third-order valence-electron chi connectivity index (χ3n) is 2.34. The maximum Gasteiger partial charge on any atom is 0.172 e. The highest BCUT2D eigenvalue weighted by Gasteiger charge is 2.15. The van der Waals surface area contributed by atoms with E-state index in [9.17, 15) is 9.90 Å². The third-order valence-corrected chi connectivity index (χ3v) is 3.39. The van der Waals surface area contributed by atoms with Gasteiger partial charge >= 0.3 is 0 Å². The van der Waals surface area contributed by atoms with Gasteiger partial charge in [-0.15, -0.1) is 0 Å². The van der Waals surface area contributed by atoms with Crippen LogP contribution in [0.3, 0.4) is 0 Å². The first-order valence-corrected chi connectivity index (χ1v) is 6.98. The van der Waals surface area contributed by atoms with Crippen molar-refractivity contribution in [3.05, 3.63) is 20.5 Å². The van der Waals surface area contributed by atoms with Crippen molar-refractivity contribution in [2.45, 2.75) is 26.9 Å². The number of ketones is 1. The number of Topliss-reactive ketones (excluding diaryl/α,β-unsaturated/α-hetero) is 1. The highest BCUT2D eigenvalue weighted by molar-refractivity contribution is 14.1. The Morgan fingerprint density at radius 3 is 2.61 bits per heavy atom. The van der Waals surface area contributed by atoms with Crippen LogP contribution in [0.15, 0.2) is 6.07 Å². The molecule has 0 bridgehead atoms. The summed E-state index contributed by atoms with van der Waals surface area (Å²) < 4.78 is 6.11. The Hall–Kier alpha value is -0.400. The lowest BCUT2D eigenvalue weighted by Gasteiger charge is -2.12. The van der Waals surface area contributed by atoms with Gasteiger partial charge in [-0.1, -0.05) is 25.4 Å². The summed E-state index contributed by atoms with van der Waals surface area (Å²) in [4.78, 5) is 15.5. The Morgan fingerprint density at radius 1 is 1.56 bits per heavy atom. The zero-order valence-corrected chi connectivity index (χ0v) is 13.3. The number of aliphatic hydroxyl groups excluding tert-OH is 1. The minimum atomic E-state index is -0.692. The normalized spacial score (nSPS) is 12.6. The molecule has 1 atom stereocenters. The van der Waals surface area contributed by atoms with Gasteiger partial charge in [0.05, 0.1) is 15.4 Å². The fraction of sp³-hybridized carbons (Fsp3) is 0.500. The molecule has 1 aromatic rings. The van der Waals surface area contributed by atoms with Crippen LogP contribution in [-0.4, -0.2) is 22.5 Å². The van der Waals surface area contributed by atoms with E-state index < -0.39 is 6.10 Å². The number of aromatic nitrogens is 1. The van der Waals surface area contributed by atoms with Crippen LogP contribution in [0.4, 0.5) is 0 Å². The van der Waals surface area contributed by atoms with Crippen molar-refractivity contribution in [3.8, 4) is 5.75 Å². The zero-order valence-electron chi connectivity index (χ0n) is 10.4. The molecule has 1 unspecified atom stereocenters. The summed E-state index contributed by atoms with van der Waals surface area (Å²) in [7, 11) is 0. The number of nitrogens with zero attached hydrogens (tertiary/aromatic N) is 1. The number of carbonyl (C=O) groups excluding carboxylic acids is 1. The van der Waals surface area contributed by atoms with Gasteiger partial charge in [0.25, 0.3) is 0 Å². The van der Waals surface area contributed by atoms with Crippen LogP contribution in [0.5, 0.6) is 5.75 Å². The van der Waals surface area contributed by atoms with E-state index >= 15 is 0 Å². The number of aliphatic hydroxyl groups is 1. The first kappa shape index (κ1) is 15.7. The van der Waals surface area contributed by atoms with Crippen molar-refractivity contribution >= 4 is 40.0 Å². The topological polar surface area (TPSA) is 59.4 Å². The Labute approximate surface area is 125 Å². The molecule has 4 nitrogen and oxygen atoms in total. The van der Waals surface area contributed by atoms with Crippen molar-refractivity contribution in [1.29, 1.82) is 0 Å². The molecule has 1 aromatic heterocycles. The van der Waals surface area contributed by atoms with Crippen LogP contribution < -0.4 is 4.74 Å². The zero-order chi connectivity index (χ0) is 13.9. The van der Waals surface area contributed by atoms with Crippen LogP contribution in [0.25, 0.3) is 0 Å². The summed E-state index contributed by atoms with van der Waals surface area (Å²) in [5.74, 6) is 0.309. The molecule has 1 N–H and O–H groups in total. The Kier molecular flexibility index (Phi) is 5.81. The van der Waals surface area contributed by atoms with E-state index in [1.807, 2.05) is 36.4 Å². The third kappa shape index (κ3) is 4.07. The molecule has 6 heteroatoms. The van der Waals surface area contributed by atoms with Crippen LogP contribution in [0, 0.1) is 9.49 Å². The lowest BCUT2D eigenvalue weighted by Crippen LogP contribution is -2.17. The molecule has 0 aliphatic heterocycles. The number of ether oxygens (including phenoxy) is 1. The summed E-state index contributed by atoms with van der Waals surface area (Å²) in [6, 6.07) is 1.69. The predicted octanol–water partition coefficient (Wildman–Crippen LogP) is 3.00. The number of rotatable bonds is 5. The lowest BCUT2D eigenvalue weighted by molar-refractivity contribution is -0.123. The number of pyridine rings is 1. The van der Waals surface area contributed by atoms with Crippen LogP contribution in [-0.2, 0) is 4.79 Å². The van der Waals surface area contributed by atoms with Gasteiger partial charge in [0.2, 0.25) is 0 Å². The quantitative estimate of drug-likeness (QED) is 0.627. The SMILES string of the molecule is CC(C)C(=O)COc1c(I)cc(C(C)O)nc1Cl. The maximum absolute atomic E-state index is 11.5. The van der Waals surface area contributed by atoms with E-state index in [1.165, 1.54) is 0 Å². The van der Waals surface area contributed by atoms with Gasteiger partial charge in [-0.2, -0.15) is 0 Å². The van der Waals surface area contributed by atoms with E-state index in [0.717, 1.165) is 3.57 Å². The Bertz CT molecular complexity index is 426. The second-order valence-corrected chi connectivity index (χ2v) is 5.75. The molecule has 0 saturated heterocycles. The largest absolute Gasteiger partial charge is 0.481 e. The number of carbonyl (C=O) groups is 1. The van der Waals surface area contributed by atoms with Crippen LogP contribution in [0.2, 0.25) is 5.15 Å². The Balaban J connectivity index is 2.87. The van der Waals surface area contributed by atoms with Gasteiger partial charge in [0.15, 0.2) is 16.7 Å². The van der Waals surface area contributed by atoms with E-state index in [1.54, 1.807) is 13.0 Å². The molecule has 0 aliphatic carbocycles. The summed E-state index contributed by atoms with van der Waals surface area (Å²) in [5.41, 5.74) is 0.479. The molecule has 1 rings (SSSR count). The van der Waals surface area contributed by atoms with Gasteiger partial charge < -0.3 is 9.84 Å². The molecule has 0 aromatic carbocycles. The lowest BCUT2D eigenvalue weighted by atomic mass is 10.1. The average molecular weight is 384 g/mol. The molecule has 0 saturated carbocycles. The van der Waals surface area contributed by atoms with E-state index in [-0.39, 0.29) is 23.5 Å². The minimum Gasteiger partial charge on any atom is -0.481 e. The van der Waals surface area contributed by atoms with E-state index in [2.05, 4.69) is 4.98 Å². The molecule has 0 fully saturated rings. The van der Waals surface area contributed by atoms with Crippen molar-refractivity contribution in [3.63, 3.8) is 0 Å². The summed E-state index contributed by atoms with van der Waals surface area (Å²) in [6.45, 7) is 5.21. The average Bonchev–Trinajstić information content (AvgIpc) is 2.26. The highest BCUT2D eigenvalue weighted by atomic mass is 127. The fourth-order valence-electron chi connectivity index (χ4n) is 1.14. The molecule has 1 heterocycles. The van der Waals surface area contributed by atoms with Crippen LogP contribution in [0.1, 0.15) is 32.6 Å². The second kappa shape index (κ2) is 6.68. The molecule has 100 valence electrons. The van der Waals surface area contributed by atoms with E-state index in [0.29, 0.717) is 11.4 Å². The standard InChI is InChI=1S/C12H15ClINO3/c1-6(2)10(17)5-18-11-8(14)4-9(7(3)16)15-12(11)13/h4,6-7,16H,5H2,1-3H3. The summed E-state index contributed by atoms with van der Waals surface area (Å²) >= 11 is 8.02. The van der Waals surface area contributed by atoms with Gasteiger partial charge in [-0.3, -0.25) is 4.79 Å². The molecule has 0 aliphatic rings. The number of halogens is 2. The number of hydrogen-bond acceptors (Lipinski definition) is 4. The maximum atomic E-state index is 11.5. The molecule has 0 spiro atoms. The Morgan fingerprint density at radius 2 is 2.17 bits per heavy atom. The summed E-state index contributed by atoms with van der Waals surface area (Å²) in [5, 5.41) is 9.60.